The molecule has 3 atom stereocenters. The quantitative estimate of drug-likeness (QED) is 0.390. The van der Waals surface area contributed by atoms with E-state index in [1.165, 1.54) is 6.92 Å². The third-order valence-corrected chi connectivity index (χ3v) is 6.72. The van der Waals surface area contributed by atoms with E-state index in [0.717, 1.165) is 0 Å². The molecule has 0 aromatic carbocycles. The molecule has 10 heteroatoms. The zero-order valence-electron chi connectivity index (χ0n) is 14.9. The largest absolute Gasteiger partial charge is 0.460 e. The first kappa shape index (κ1) is 21.5. The van der Waals surface area contributed by atoms with Crippen LogP contribution in [0.4, 0.5) is 39.5 Å². The van der Waals surface area contributed by atoms with Gasteiger partial charge in [0.25, 0.3) is 0 Å². The first-order chi connectivity index (χ1) is 12.5. The third kappa shape index (κ3) is 2.57. The first-order valence-corrected chi connectivity index (χ1v) is 8.89. The monoisotopic (exact) mass is 422 g/mol. The van der Waals surface area contributed by atoms with E-state index < -0.39 is 41.1 Å². The molecule has 4 rings (SSSR count). The molecule has 0 aromatic rings. The van der Waals surface area contributed by atoms with Gasteiger partial charge in [-0.15, -0.1) is 0 Å². The van der Waals surface area contributed by atoms with Crippen molar-refractivity contribution in [3.63, 3.8) is 0 Å². The lowest BCUT2D eigenvalue weighted by Gasteiger charge is -2.61. The highest BCUT2D eigenvalue weighted by Crippen LogP contribution is 2.67. The molecule has 0 spiro atoms. The molecule has 4 fully saturated rings. The second-order valence-corrected chi connectivity index (χ2v) is 8.64. The molecule has 160 valence electrons. The van der Waals surface area contributed by atoms with Crippen LogP contribution in [0.15, 0.2) is 12.2 Å². The van der Waals surface area contributed by atoms with E-state index in [2.05, 4.69) is 6.58 Å². The molecule has 0 saturated heterocycles. The van der Waals surface area contributed by atoms with Crippen LogP contribution < -0.4 is 0 Å². The van der Waals surface area contributed by atoms with Gasteiger partial charge in [-0.3, -0.25) is 4.79 Å². The van der Waals surface area contributed by atoms with E-state index in [4.69, 9.17) is 0 Å². The van der Waals surface area contributed by atoms with Gasteiger partial charge in [-0.1, -0.05) is 12.2 Å². The maximum absolute atomic E-state index is 14.5. The van der Waals surface area contributed by atoms with Gasteiger partial charge >= 0.3 is 23.9 Å². The minimum absolute atomic E-state index is 0.218. The first-order valence-electron chi connectivity index (χ1n) is 8.89. The Morgan fingerprint density at radius 1 is 0.857 bits per heavy atom. The zero-order chi connectivity index (χ0) is 21.5. The number of allylic oxidation sites excluding steroid dienone is 1. The predicted molar refractivity (Wildman–Crippen MR) is 80.2 cm³/mol. The zero-order valence-corrected chi connectivity index (χ0v) is 14.9. The van der Waals surface area contributed by atoms with Crippen LogP contribution in [0.3, 0.4) is 0 Å². The van der Waals surface area contributed by atoms with E-state index in [1.54, 1.807) is 0 Å². The molecule has 3 unspecified atom stereocenters. The van der Waals surface area contributed by atoms with Crippen LogP contribution in [0.5, 0.6) is 0 Å². The van der Waals surface area contributed by atoms with Crippen molar-refractivity contribution >= 4 is 5.78 Å². The second kappa shape index (κ2) is 5.90. The standard InChI is InChI=1S/C18H19F9O/c1-8(2)12-11-4-9-3-10(5-11)7-14(12,6-9)13(28)15(19,20)16(21,22)17(23,24)18(25,26)27/h9-12H,1,3-7H2,2H3. The van der Waals surface area contributed by atoms with Crippen molar-refractivity contribution < 1.29 is 44.3 Å². The highest BCUT2D eigenvalue weighted by atomic mass is 19.4. The van der Waals surface area contributed by atoms with Crippen LogP contribution >= 0.6 is 0 Å². The van der Waals surface area contributed by atoms with Crippen molar-refractivity contribution in [3.05, 3.63) is 12.2 Å². The molecule has 4 aliphatic carbocycles. The molecular weight excluding hydrogens is 403 g/mol. The van der Waals surface area contributed by atoms with E-state index in [0.29, 0.717) is 19.3 Å². The molecule has 0 radical (unpaired) electrons. The summed E-state index contributed by atoms with van der Waals surface area (Å²) in [4.78, 5) is 12.7. The lowest BCUT2D eigenvalue weighted by Crippen LogP contribution is -2.68. The Kier molecular flexibility index (Phi) is 4.53. The maximum atomic E-state index is 14.5. The highest BCUT2D eigenvalue weighted by Gasteiger charge is 2.85. The highest BCUT2D eigenvalue weighted by molar-refractivity contribution is 5.93. The topological polar surface area (TPSA) is 17.1 Å². The summed E-state index contributed by atoms with van der Waals surface area (Å²) in [5.74, 6) is -24.3. The Labute approximate surface area is 155 Å². The van der Waals surface area contributed by atoms with Gasteiger partial charge in [-0.2, -0.15) is 39.5 Å². The molecule has 4 saturated carbocycles. The molecule has 0 amide bonds. The van der Waals surface area contributed by atoms with Crippen molar-refractivity contribution in [1.82, 2.24) is 0 Å². The van der Waals surface area contributed by atoms with Crippen molar-refractivity contribution in [2.24, 2.45) is 29.1 Å². The predicted octanol–water partition coefficient (Wildman–Crippen LogP) is 6.04. The minimum Gasteiger partial charge on any atom is -0.292 e. The van der Waals surface area contributed by atoms with Gasteiger partial charge in [0.05, 0.1) is 0 Å². The number of carbonyl (C=O) groups is 1. The number of alkyl halides is 9. The second-order valence-electron chi connectivity index (χ2n) is 8.64. The fourth-order valence-electron chi connectivity index (χ4n) is 6.07. The molecule has 0 heterocycles. The summed E-state index contributed by atoms with van der Waals surface area (Å²) in [5.41, 5.74) is -1.81. The van der Waals surface area contributed by atoms with Gasteiger partial charge in [0.2, 0.25) is 5.78 Å². The van der Waals surface area contributed by atoms with Gasteiger partial charge < -0.3 is 0 Å². The third-order valence-electron chi connectivity index (χ3n) is 6.72. The average molecular weight is 422 g/mol. The summed E-state index contributed by atoms with van der Waals surface area (Å²) in [7, 11) is 0. The lowest BCUT2D eigenvalue weighted by atomic mass is 9.42. The van der Waals surface area contributed by atoms with Gasteiger partial charge in [-0.05, 0) is 62.7 Å². The SMILES string of the molecule is C=C(C)C1C2CC3CC(C2)CC1(C(=O)C(F)(F)C(F)(F)C(F)(F)C(F)(F)F)C3. The summed E-state index contributed by atoms with van der Waals surface area (Å²) in [6, 6.07) is 0. The maximum Gasteiger partial charge on any atom is 0.460 e. The van der Waals surface area contributed by atoms with Gasteiger partial charge in [0, 0.05) is 5.41 Å². The van der Waals surface area contributed by atoms with Crippen LogP contribution in [-0.2, 0) is 4.79 Å². The smallest absolute Gasteiger partial charge is 0.292 e. The Morgan fingerprint density at radius 2 is 1.32 bits per heavy atom. The number of carbonyl (C=O) groups excluding carboxylic acids is 1. The molecule has 4 bridgehead atoms. The lowest BCUT2D eigenvalue weighted by molar-refractivity contribution is -0.389. The molecule has 0 N–H and O–H groups in total. The molecule has 0 aromatic heterocycles. The summed E-state index contributed by atoms with van der Waals surface area (Å²) in [5, 5.41) is 0. The summed E-state index contributed by atoms with van der Waals surface area (Å²) in [6.45, 7) is 5.08. The van der Waals surface area contributed by atoms with E-state index in [9.17, 15) is 44.3 Å². The van der Waals surface area contributed by atoms with E-state index in [-0.39, 0.29) is 36.2 Å². The summed E-state index contributed by atoms with van der Waals surface area (Å²) in [6.07, 6.45) is -5.63. The molecule has 0 aliphatic heterocycles. The van der Waals surface area contributed by atoms with Crippen LogP contribution in [0.2, 0.25) is 0 Å². The van der Waals surface area contributed by atoms with Crippen LogP contribution in [0, 0.1) is 29.1 Å². The molecular formula is C18H19F9O. The number of rotatable bonds is 5. The van der Waals surface area contributed by atoms with Crippen LogP contribution in [0.1, 0.15) is 39.0 Å². The average Bonchev–Trinajstić information content (AvgIpc) is 2.51. The van der Waals surface area contributed by atoms with Crippen molar-refractivity contribution in [3.8, 4) is 0 Å². The van der Waals surface area contributed by atoms with Gasteiger partial charge in [-0.25, -0.2) is 0 Å². The number of hydrogen-bond acceptors (Lipinski definition) is 1. The Morgan fingerprint density at radius 3 is 1.71 bits per heavy atom. The summed E-state index contributed by atoms with van der Waals surface area (Å²) < 4.78 is 120. The number of halogens is 9. The fourth-order valence-corrected chi connectivity index (χ4v) is 6.07. The Hall–Kier alpha value is -1.22. The Bertz CT molecular complexity index is 680. The molecule has 28 heavy (non-hydrogen) atoms. The number of Topliss-reactive ketones (excluding diaryl/α,β-unsaturated/α-hetero) is 1. The molecule has 1 nitrogen and oxygen atoms in total. The van der Waals surface area contributed by atoms with Gasteiger partial charge in [0.15, 0.2) is 0 Å². The van der Waals surface area contributed by atoms with E-state index >= 15 is 0 Å². The van der Waals surface area contributed by atoms with Crippen molar-refractivity contribution in [2.75, 3.05) is 0 Å². The molecule has 4 aliphatic rings. The fraction of sp³-hybridized carbons (Fsp3) is 0.833. The van der Waals surface area contributed by atoms with Crippen LogP contribution in [-0.4, -0.2) is 29.7 Å². The Balaban J connectivity index is 2.07. The van der Waals surface area contributed by atoms with Crippen molar-refractivity contribution in [1.29, 1.82) is 0 Å². The normalized spacial score (nSPS) is 35.9. The number of ketones is 1. The minimum atomic E-state index is -7.06. The van der Waals surface area contributed by atoms with E-state index in [1.807, 2.05) is 0 Å². The van der Waals surface area contributed by atoms with Crippen LogP contribution in [0.25, 0.3) is 0 Å². The van der Waals surface area contributed by atoms with Gasteiger partial charge in [0.1, 0.15) is 0 Å². The van der Waals surface area contributed by atoms with Crippen molar-refractivity contribution in [2.45, 2.75) is 63.0 Å². The number of hydrogen-bond donors (Lipinski definition) is 0. The summed E-state index contributed by atoms with van der Waals surface area (Å²) >= 11 is 0.